The summed E-state index contributed by atoms with van der Waals surface area (Å²) in [5, 5.41) is 2.96. The van der Waals surface area contributed by atoms with Gasteiger partial charge in [-0.2, -0.15) is 0 Å². The first-order chi connectivity index (χ1) is 10.3. The predicted octanol–water partition coefficient (Wildman–Crippen LogP) is 3.45. The smallest absolute Gasteiger partial charge is 0.254 e. The molecule has 3 rings (SSSR count). The Hall–Kier alpha value is -1.35. The Morgan fingerprint density at radius 2 is 1.55 bits per heavy atom. The lowest BCUT2D eigenvalue weighted by atomic mass is 9.75. The van der Waals surface area contributed by atoms with Gasteiger partial charge in [-0.1, -0.05) is 48.6 Å². The fraction of sp³-hybridized carbons (Fsp3) is 0.556. The molecule has 1 N–H and O–H groups in total. The monoisotopic (exact) mass is 319 g/mol. The maximum atomic E-state index is 13.2. The van der Waals surface area contributed by atoms with Gasteiger partial charge in [-0.05, 0) is 50.3 Å². The highest BCUT2D eigenvalue weighted by Gasteiger charge is 2.63. The van der Waals surface area contributed by atoms with Gasteiger partial charge in [-0.15, -0.1) is 0 Å². The van der Waals surface area contributed by atoms with Crippen molar-refractivity contribution in [2.45, 2.75) is 63.3 Å². The number of carbonyl (C=O) groups excluding carboxylic acids is 2. The molecule has 1 saturated carbocycles. The van der Waals surface area contributed by atoms with Crippen LogP contribution in [0.1, 0.15) is 54.4 Å². The topological polar surface area (TPSA) is 46.2 Å². The number of ketones is 1. The second-order valence-corrected chi connectivity index (χ2v) is 7.43. The summed E-state index contributed by atoms with van der Waals surface area (Å²) in [5.41, 5.74) is 2.84. The third kappa shape index (κ3) is 2.02. The molecule has 3 nitrogen and oxygen atoms in total. The molecule has 1 saturated heterocycles. The van der Waals surface area contributed by atoms with Crippen LogP contribution < -0.4 is 5.32 Å². The van der Waals surface area contributed by atoms with Gasteiger partial charge in [-0.3, -0.25) is 9.59 Å². The molecule has 1 atom stereocenters. The van der Waals surface area contributed by atoms with Crippen LogP contribution in [0.5, 0.6) is 0 Å². The number of hydrogen-bond acceptors (Lipinski definition) is 2. The van der Waals surface area contributed by atoms with Crippen LogP contribution in [0.4, 0.5) is 0 Å². The molecule has 1 aromatic rings. The lowest BCUT2D eigenvalue weighted by Gasteiger charge is -2.32. The zero-order valence-electron chi connectivity index (χ0n) is 13.4. The first-order valence-corrected chi connectivity index (χ1v) is 8.34. The maximum Gasteiger partial charge on any atom is 0.254 e. The van der Waals surface area contributed by atoms with Crippen LogP contribution in [-0.2, 0) is 14.5 Å². The van der Waals surface area contributed by atoms with Crippen LogP contribution in [0.2, 0.25) is 0 Å². The van der Waals surface area contributed by atoms with Gasteiger partial charge in [0.05, 0.1) is 0 Å². The van der Waals surface area contributed by atoms with E-state index in [0.717, 1.165) is 36.0 Å². The number of benzene rings is 1. The zero-order valence-corrected chi connectivity index (χ0v) is 14.1. The number of hydrogen-bond donors (Lipinski definition) is 1. The first kappa shape index (κ1) is 15.5. The van der Waals surface area contributed by atoms with Crippen molar-refractivity contribution in [3.05, 3.63) is 34.4 Å². The molecule has 0 aromatic heterocycles. The minimum absolute atomic E-state index is 0.151. The van der Waals surface area contributed by atoms with Crippen LogP contribution in [0.25, 0.3) is 0 Å². The standard InChI is InChI=1S/C18H22ClNO2/c1-11-9-12(2)14(13(3)10-11)18(19)15(21)17(20-16(18)22)7-5-4-6-8-17/h9-10H,4-8H2,1-3H3,(H,20,22). The molecule has 1 amide bonds. The lowest BCUT2D eigenvalue weighted by molar-refractivity contribution is -0.127. The summed E-state index contributed by atoms with van der Waals surface area (Å²) in [4.78, 5) is 24.3. The number of alkyl halides is 1. The van der Waals surface area contributed by atoms with Gasteiger partial charge in [0.2, 0.25) is 4.87 Å². The summed E-state index contributed by atoms with van der Waals surface area (Å²) in [6.07, 6.45) is 4.45. The quantitative estimate of drug-likeness (QED) is 0.636. The molecule has 1 aliphatic heterocycles. The van der Waals surface area contributed by atoms with Crippen molar-refractivity contribution in [1.82, 2.24) is 5.32 Å². The Bertz CT molecular complexity index is 638. The van der Waals surface area contributed by atoms with Gasteiger partial charge in [0.15, 0.2) is 5.78 Å². The molecule has 2 aliphatic rings. The van der Waals surface area contributed by atoms with E-state index in [1.54, 1.807) is 0 Å². The number of nitrogens with one attached hydrogen (secondary N) is 1. The van der Waals surface area contributed by atoms with E-state index in [1.165, 1.54) is 0 Å². The Balaban J connectivity index is 2.14. The SMILES string of the molecule is Cc1cc(C)c(C2(Cl)C(=O)NC3(CCCCC3)C2=O)c(C)c1. The number of carbonyl (C=O) groups is 2. The molecule has 2 fully saturated rings. The number of rotatable bonds is 1. The zero-order chi connectivity index (χ0) is 16.1. The van der Waals surface area contributed by atoms with E-state index >= 15 is 0 Å². The highest BCUT2D eigenvalue weighted by Crippen LogP contribution is 2.47. The Kier molecular flexibility index (Phi) is 3.59. The normalized spacial score (nSPS) is 27.3. The number of aryl methyl sites for hydroxylation is 3. The molecule has 118 valence electrons. The Labute approximate surface area is 136 Å². The minimum Gasteiger partial charge on any atom is -0.341 e. The summed E-state index contributed by atoms with van der Waals surface area (Å²) < 4.78 is 0. The van der Waals surface area contributed by atoms with Gasteiger partial charge in [-0.25, -0.2) is 0 Å². The molecule has 1 heterocycles. The van der Waals surface area contributed by atoms with Crippen LogP contribution in [-0.4, -0.2) is 17.2 Å². The molecule has 1 unspecified atom stereocenters. The van der Waals surface area contributed by atoms with Crippen molar-refractivity contribution in [1.29, 1.82) is 0 Å². The number of amides is 1. The van der Waals surface area contributed by atoms with E-state index in [1.807, 2.05) is 32.9 Å². The molecule has 4 heteroatoms. The first-order valence-electron chi connectivity index (χ1n) is 7.96. The van der Waals surface area contributed by atoms with Crippen molar-refractivity contribution in [2.24, 2.45) is 0 Å². The number of halogens is 1. The predicted molar refractivity (Wildman–Crippen MR) is 87.1 cm³/mol. The Morgan fingerprint density at radius 1 is 1.00 bits per heavy atom. The van der Waals surface area contributed by atoms with E-state index in [-0.39, 0.29) is 11.7 Å². The second kappa shape index (κ2) is 5.09. The van der Waals surface area contributed by atoms with Crippen LogP contribution in [0, 0.1) is 20.8 Å². The summed E-state index contributed by atoms with van der Waals surface area (Å²) in [5.74, 6) is -0.502. The van der Waals surface area contributed by atoms with Crippen molar-refractivity contribution >= 4 is 23.3 Å². The summed E-state index contributed by atoms with van der Waals surface area (Å²) in [6, 6.07) is 3.97. The van der Waals surface area contributed by atoms with E-state index in [4.69, 9.17) is 11.6 Å². The maximum absolute atomic E-state index is 13.2. The average molecular weight is 320 g/mol. The van der Waals surface area contributed by atoms with Gasteiger partial charge in [0.1, 0.15) is 5.54 Å². The molecule has 0 bridgehead atoms. The van der Waals surface area contributed by atoms with Crippen molar-refractivity contribution < 1.29 is 9.59 Å². The van der Waals surface area contributed by atoms with E-state index in [9.17, 15) is 9.59 Å². The van der Waals surface area contributed by atoms with E-state index in [0.29, 0.717) is 18.4 Å². The third-order valence-corrected chi connectivity index (χ3v) is 5.67. The molecule has 1 spiro atoms. The Morgan fingerprint density at radius 3 is 2.09 bits per heavy atom. The van der Waals surface area contributed by atoms with Crippen molar-refractivity contribution in [3.63, 3.8) is 0 Å². The summed E-state index contributed by atoms with van der Waals surface area (Å²) >= 11 is 6.72. The third-order valence-electron chi connectivity index (χ3n) is 5.14. The van der Waals surface area contributed by atoms with E-state index in [2.05, 4.69) is 5.32 Å². The molecule has 22 heavy (non-hydrogen) atoms. The fourth-order valence-corrected chi connectivity index (χ4v) is 4.78. The molecule has 1 aliphatic carbocycles. The molecular formula is C18H22ClNO2. The highest BCUT2D eigenvalue weighted by molar-refractivity contribution is 6.49. The van der Waals surface area contributed by atoms with Gasteiger partial charge < -0.3 is 5.32 Å². The fourth-order valence-electron chi connectivity index (χ4n) is 4.25. The molecular weight excluding hydrogens is 298 g/mol. The summed E-state index contributed by atoms with van der Waals surface area (Å²) in [7, 11) is 0. The lowest BCUT2D eigenvalue weighted by Crippen LogP contribution is -2.48. The van der Waals surface area contributed by atoms with Gasteiger partial charge in [0.25, 0.3) is 5.91 Å². The van der Waals surface area contributed by atoms with Crippen LogP contribution in [0.15, 0.2) is 12.1 Å². The summed E-state index contributed by atoms with van der Waals surface area (Å²) in [6.45, 7) is 5.85. The molecule has 0 radical (unpaired) electrons. The van der Waals surface area contributed by atoms with E-state index < -0.39 is 10.4 Å². The van der Waals surface area contributed by atoms with Crippen LogP contribution in [0.3, 0.4) is 0 Å². The van der Waals surface area contributed by atoms with Gasteiger partial charge in [0, 0.05) is 0 Å². The minimum atomic E-state index is -1.57. The highest BCUT2D eigenvalue weighted by atomic mass is 35.5. The number of Topliss-reactive ketones (excluding diaryl/α,β-unsaturated/α-hetero) is 1. The van der Waals surface area contributed by atoms with Crippen LogP contribution >= 0.6 is 11.6 Å². The average Bonchev–Trinajstić information content (AvgIpc) is 2.61. The second-order valence-electron chi connectivity index (χ2n) is 6.86. The van der Waals surface area contributed by atoms with Crippen molar-refractivity contribution in [2.75, 3.05) is 0 Å². The largest absolute Gasteiger partial charge is 0.341 e. The van der Waals surface area contributed by atoms with Gasteiger partial charge >= 0.3 is 0 Å². The van der Waals surface area contributed by atoms with Crippen molar-refractivity contribution in [3.8, 4) is 0 Å². The molecule has 1 aromatic carbocycles.